The van der Waals surface area contributed by atoms with E-state index in [1.165, 1.54) is 7.11 Å². The van der Waals surface area contributed by atoms with Crippen molar-refractivity contribution >= 4 is 11.9 Å². The zero-order valence-electron chi connectivity index (χ0n) is 13.8. The first-order valence-electron chi connectivity index (χ1n) is 7.17. The van der Waals surface area contributed by atoms with Crippen LogP contribution in [0.15, 0.2) is 24.3 Å². The van der Waals surface area contributed by atoms with Crippen LogP contribution < -0.4 is 4.74 Å². The van der Waals surface area contributed by atoms with Crippen molar-refractivity contribution in [3.63, 3.8) is 0 Å². The summed E-state index contributed by atoms with van der Waals surface area (Å²) >= 11 is 0. The second-order valence-corrected chi connectivity index (χ2v) is 5.11. The Labute approximate surface area is 150 Å². The van der Waals surface area contributed by atoms with Gasteiger partial charge in [0.25, 0.3) is 0 Å². The second-order valence-electron chi connectivity index (χ2n) is 5.11. The molecule has 27 heavy (non-hydrogen) atoms. The summed E-state index contributed by atoms with van der Waals surface area (Å²) in [7, 11) is 1.20. The van der Waals surface area contributed by atoms with Gasteiger partial charge in [0.1, 0.15) is 11.6 Å². The molecule has 0 saturated carbocycles. The lowest BCUT2D eigenvalue weighted by Crippen LogP contribution is -2.04. The number of hydrogen-bond donors (Lipinski definition) is 3. The molecule has 0 aliphatic carbocycles. The molecule has 0 unspecified atom stereocenters. The Bertz CT molecular complexity index is 854. The summed E-state index contributed by atoms with van der Waals surface area (Å²) in [6.07, 6.45) is -1.16. The highest BCUT2D eigenvalue weighted by Gasteiger charge is 2.13. The van der Waals surface area contributed by atoms with Crippen molar-refractivity contribution in [3.05, 3.63) is 58.7 Å². The molecule has 0 fully saturated rings. The van der Waals surface area contributed by atoms with Crippen LogP contribution in [0.25, 0.3) is 0 Å². The summed E-state index contributed by atoms with van der Waals surface area (Å²) < 4.78 is 56.0. The summed E-state index contributed by atoms with van der Waals surface area (Å²) in [5, 5.41) is 25.4. The van der Waals surface area contributed by atoms with Gasteiger partial charge in [-0.25, -0.2) is 17.6 Å². The van der Waals surface area contributed by atoms with Crippen LogP contribution in [-0.2, 0) is 22.4 Å². The lowest BCUT2D eigenvalue weighted by Gasteiger charge is -2.04. The van der Waals surface area contributed by atoms with E-state index in [4.69, 9.17) is 15.3 Å². The Kier molecular flexibility index (Phi) is 7.58. The standard InChI is InChI=1S/C9H8F2O3.C8H6F2O3/c1-14-8-4-6(10)5(2-7(8)11)3-9(12)13;9-5-3-7(11)6(10)1-4(5)2-8(12)13/h2,4H,3H2,1H3,(H,12,13);1,3,11H,2H2,(H,12,13). The van der Waals surface area contributed by atoms with Crippen LogP contribution in [0.3, 0.4) is 0 Å². The molecule has 0 aliphatic heterocycles. The number of ether oxygens (including phenoxy) is 1. The lowest BCUT2D eigenvalue weighted by molar-refractivity contribution is -0.137. The zero-order chi connectivity index (χ0) is 20.7. The van der Waals surface area contributed by atoms with Gasteiger partial charge in [0.15, 0.2) is 23.1 Å². The first-order valence-corrected chi connectivity index (χ1v) is 7.17. The molecule has 2 aromatic rings. The highest BCUT2D eigenvalue weighted by Crippen LogP contribution is 2.21. The second kappa shape index (κ2) is 9.41. The summed E-state index contributed by atoms with van der Waals surface area (Å²) in [4.78, 5) is 20.4. The van der Waals surface area contributed by atoms with Gasteiger partial charge in [0.2, 0.25) is 0 Å². The van der Waals surface area contributed by atoms with Crippen molar-refractivity contribution in [2.24, 2.45) is 0 Å². The monoisotopic (exact) mass is 390 g/mol. The van der Waals surface area contributed by atoms with E-state index in [2.05, 4.69) is 4.74 Å². The number of rotatable bonds is 5. The molecule has 10 heteroatoms. The van der Waals surface area contributed by atoms with Gasteiger partial charge in [-0.2, -0.15) is 0 Å². The van der Waals surface area contributed by atoms with Gasteiger partial charge in [-0.3, -0.25) is 9.59 Å². The fourth-order valence-electron chi connectivity index (χ4n) is 1.90. The molecule has 0 saturated heterocycles. The maximum atomic E-state index is 13.1. The molecular formula is C17H14F4O6. The van der Waals surface area contributed by atoms with Crippen LogP contribution in [0.1, 0.15) is 11.1 Å². The minimum atomic E-state index is -1.26. The fourth-order valence-corrected chi connectivity index (χ4v) is 1.90. The average Bonchev–Trinajstić information content (AvgIpc) is 2.55. The SMILES string of the molecule is COc1cc(F)c(CC(=O)O)cc1F.O=C(O)Cc1cc(F)c(O)cc1F. The third kappa shape index (κ3) is 6.49. The summed E-state index contributed by atoms with van der Waals surface area (Å²) in [5.74, 6) is -7.06. The summed E-state index contributed by atoms with van der Waals surface area (Å²) in [6.45, 7) is 0. The third-order valence-electron chi connectivity index (χ3n) is 3.12. The van der Waals surface area contributed by atoms with Crippen molar-refractivity contribution in [2.75, 3.05) is 7.11 Å². The van der Waals surface area contributed by atoms with Gasteiger partial charge in [-0.1, -0.05) is 0 Å². The average molecular weight is 390 g/mol. The van der Waals surface area contributed by atoms with Crippen LogP contribution in [0, 0.1) is 23.3 Å². The van der Waals surface area contributed by atoms with Gasteiger partial charge >= 0.3 is 11.9 Å². The fraction of sp³-hybridized carbons (Fsp3) is 0.176. The van der Waals surface area contributed by atoms with E-state index in [9.17, 15) is 27.2 Å². The zero-order valence-corrected chi connectivity index (χ0v) is 13.8. The van der Waals surface area contributed by atoms with Crippen LogP contribution >= 0.6 is 0 Å². The van der Waals surface area contributed by atoms with Crippen LogP contribution in [-0.4, -0.2) is 34.4 Å². The molecule has 3 N–H and O–H groups in total. The van der Waals surface area contributed by atoms with Crippen molar-refractivity contribution in [3.8, 4) is 11.5 Å². The minimum Gasteiger partial charge on any atom is -0.505 e. The highest BCUT2D eigenvalue weighted by atomic mass is 19.1. The molecule has 0 spiro atoms. The lowest BCUT2D eigenvalue weighted by atomic mass is 10.1. The van der Waals surface area contributed by atoms with Crippen LogP contribution in [0.5, 0.6) is 11.5 Å². The molecule has 6 nitrogen and oxygen atoms in total. The van der Waals surface area contributed by atoms with Gasteiger partial charge in [-0.15, -0.1) is 0 Å². The minimum absolute atomic E-state index is 0.198. The number of halogens is 4. The smallest absolute Gasteiger partial charge is 0.307 e. The molecule has 0 amide bonds. The van der Waals surface area contributed by atoms with Crippen molar-refractivity contribution < 1.29 is 47.2 Å². The number of aromatic hydroxyl groups is 1. The molecule has 0 bridgehead atoms. The number of benzene rings is 2. The van der Waals surface area contributed by atoms with Gasteiger partial charge in [-0.05, 0) is 12.1 Å². The van der Waals surface area contributed by atoms with Crippen molar-refractivity contribution in [1.82, 2.24) is 0 Å². The number of hydrogen-bond acceptors (Lipinski definition) is 4. The van der Waals surface area contributed by atoms with Crippen molar-refractivity contribution in [1.29, 1.82) is 0 Å². The Morgan fingerprint density at radius 2 is 1.26 bits per heavy atom. The molecule has 0 aliphatic rings. The van der Waals surface area contributed by atoms with Gasteiger partial charge in [0.05, 0.1) is 20.0 Å². The summed E-state index contributed by atoms with van der Waals surface area (Å²) in [6, 6.07) is 2.86. The molecule has 0 radical (unpaired) electrons. The van der Waals surface area contributed by atoms with Gasteiger partial charge < -0.3 is 20.1 Å². The predicted molar refractivity (Wildman–Crippen MR) is 83.6 cm³/mol. The Hall–Kier alpha value is -3.30. The molecule has 146 valence electrons. The first kappa shape index (κ1) is 21.7. The van der Waals surface area contributed by atoms with E-state index in [1.807, 2.05) is 0 Å². The summed E-state index contributed by atoms with van der Waals surface area (Å²) in [5.41, 5.74) is -0.487. The number of carboxylic acid groups (broad SMARTS) is 2. The number of methoxy groups -OCH3 is 1. The van der Waals surface area contributed by atoms with E-state index in [0.717, 1.165) is 12.1 Å². The quantitative estimate of drug-likeness (QED) is 0.679. The maximum absolute atomic E-state index is 13.1. The Morgan fingerprint density at radius 1 is 0.815 bits per heavy atom. The number of aliphatic carboxylic acids is 2. The number of phenols is 1. The molecule has 0 heterocycles. The van der Waals surface area contributed by atoms with E-state index in [0.29, 0.717) is 12.1 Å². The molecule has 2 rings (SSSR count). The van der Waals surface area contributed by atoms with E-state index >= 15 is 0 Å². The number of phenolic OH excluding ortho intramolecular Hbond substituents is 1. The van der Waals surface area contributed by atoms with Crippen LogP contribution in [0.4, 0.5) is 17.6 Å². The molecule has 2 aromatic carbocycles. The maximum Gasteiger partial charge on any atom is 0.307 e. The van der Waals surface area contributed by atoms with E-state index in [1.54, 1.807) is 0 Å². The highest BCUT2D eigenvalue weighted by molar-refractivity contribution is 5.70. The van der Waals surface area contributed by atoms with Crippen molar-refractivity contribution in [2.45, 2.75) is 12.8 Å². The topological polar surface area (TPSA) is 104 Å². The number of carboxylic acids is 2. The number of carbonyl (C=O) groups is 2. The molecule has 0 aromatic heterocycles. The van der Waals surface area contributed by atoms with Gasteiger partial charge in [0, 0.05) is 23.3 Å². The van der Waals surface area contributed by atoms with Crippen LogP contribution in [0.2, 0.25) is 0 Å². The van der Waals surface area contributed by atoms with E-state index in [-0.39, 0.29) is 16.9 Å². The normalized spacial score (nSPS) is 9.96. The molecule has 0 atom stereocenters. The Balaban J connectivity index is 0.000000271. The largest absolute Gasteiger partial charge is 0.505 e. The molecular weight excluding hydrogens is 376 g/mol. The first-order chi connectivity index (χ1) is 12.5. The predicted octanol–water partition coefficient (Wildman–Crippen LogP) is 2.90. The third-order valence-corrected chi connectivity index (χ3v) is 3.12. The Morgan fingerprint density at radius 3 is 1.70 bits per heavy atom. The van der Waals surface area contributed by atoms with E-state index < -0.39 is 53.8 Å².